The van der Waals surface area contributed by atoms with Crippen LogP contribution in [0.3, 0.4) is 0 Å². The third kappa shape index (κ3) is 9.79. The molecule has 0 saturated heterocycles. The molecule has 64 valence electrons. The molecular weight excluding hydrogens is 154 g/mol. The van der Waals surface area contributed by atoms with Gasteiger partial charge in [-0.1, -0.05) is 12.2 Å². The van der Waals surface area contributed by atoms with Gasteiger partial charge in [0.15, 0.2) is 0 Å². The molecule has 0 radical (unpaired) electrons. The van der Waals surface area contributed by atoms with Crippen molar-refractivity contribution in [2.45, 2.75) is 6.42 Å². The Morgan fingerprint density at radius 2 is 2.00 bits per heavy atom. The smallest absolute Gasteiger partial charge is 0.0111 e. The van der Waals surface area contributed by atoms with Crippen LogP contribution in [0.4, 0.5) is 0 Å². The summed E-state index contributed by atoms with van der Waals surface area (Å²) in [6, 6.07) is 0. The van der Waals surface area contributed by atoms with Gasteiger partial charge in [-0.2, -0.15) is 11.8 Å². The van der Waals surface area contributed by atoms with Gasteiger partial charge in [-0.25, -0.2) is 0 Å². The van der Waals surface area contributed by atoms with Crippen LogP contribution in [0.2, 0.25) is 0 Å². The fourth-order valence-corrected chi connectivity index (χ4v) is 1.26. The number of hydrogen-bond acceptors (Lipinski definition) is 2. The molecule has 0 unspecified atom stereocenters. The largest absolute Gasteiger partial charge is 0.316 e. The summed E-state index contributed by atoms with van der Waals surface area (Å²) in [5, 5.41) is 3.32. The van der Waals surface area contributed by atoms with E-state index in [0.29, 0.717) is 0 Å². The molecule has 0 saturated carbocycles. The molecule has 1 N–H and O–H groups in total. The van der Waals surface area contributed by atoms with Gasteiger partial charge >= 0.3 is 0 Å². The van der Waals surface area contributed by atoms with E-state index in [2.05, 4.69) is 18.5 Å². The Morgan fingerprint density at radius 1 is 1.18 bits per heavy atom. The summed E-state index contributed by atoms with van der Waals surface area (Å²) in [6.07, 6.45) is 4.93. The maximum Gasteiger partial charge on any atom is 0.0111 e. The molecule has 0 atom stereocenters. The highest BCUT2D eigenvalue weighted by molar-refractivity contribution is 7.99. The van der Waals surface area contributed by atoms with Crippen molar-refractivity contribution in [1.82, 2.24) is 5.32 Å². The van der Waals surface area contributed by atoms with Crippen molar-refractivity contribution in [3.05, 3.63) is 25.3 Å². The number of rotatable bonds is 8. The highest BCUT2D eigenvalue weighted by Gasteiger charge is 1.85. The zero-order chi connectivity index (χ0) is 8.36. The van der Waals surface area contributed by atoms with Gasteiger partial charge in [0.25, 0.3) is 0 Å². The van der Waals surface area contributed by atoms with Gasteiger partial charge in [-0.3, -0.25) is 0 Å². The molecule has 0 aliphatic rings. The minimum Gasteiger partial charge on any atom is -0.316 e. The molecule has 2 heteroatoms. The molecule has 0 aliphatic carbocycles. The summed E-state index contributed by atoms with van der Waals surface area (Å²) in [5.74, 6) is 2.23. The van der Waals surface area contributed by atoms with Crippen LogP contribution in [0.25, 0.3) is 0 Å². The molecule has 0 aromatic carbocycles. The lowest BCUT2D eigenvalue weighted by atomic mass is 10.4. The first kappa shape index (κ1) is 10.8. The van der Waals surface area contributed by atoms with Gasteiger partial charge in [0, 0.05) is 18.1 Å². The Labute approximate surface area is 74.0 Å². The molecule has 1 nitrogen and oxygen atoms in total. The predicted molar refractivity (Wildman–Crippen MR) is 55.2 cm³/mol. The van der Waals surface area contributed by atoms with Crippen LogP contribution in [-0.4, -0.2) is 24.6 Å². The van der Waals surface area contributed by atoms with E-state index in [0.717, 1.165) is 25.3 Å². The molecular formula is C9H17NS. The second kappa shape index (κ2) is 9.79. The van der Waals surface area contributed by atoms with Crippen LogP contribution in [0.5, 0.6) is 0 Å². The molecule has 0 aliphatic heterocycles. The van der Waals surface area contributed by atoms with Crippen LogP contribution in [-0.2, 0) is 0 Å². The molecule has 0 fully saturated rings. The standard InChI is InChI=1S/C9H17NS/c1-3-5-6-10-7-9-11-8-4-2/h3-4,10H,1-2,5-9H2. The first-order valence-electron chi connectivity index (χ1n) is 3.92. The molecule has 0 aromatic rings. The van der Waals surface area contributed by atoms with E-state index in [-0.39, 0.29) is 0 Å². The number of thioether (sulfide) groups is 1. The van der Waals surface area contributed by atoms with Gasteiger partial charge in [0.2, 0.25) is 0 Å². The van der Waals surface area contributed by atoms with E-state index in [4.69, 9.17) is 0 Å². The lowest BCUT2D eigenvalue weighted by Crippen LogP contribution is -2.17. The second-order valence-electron chi connectivity index (χ2n) is 2.19. The van der Waals surface area contributed by atoms with E-state index in [1.54, 1.807) is 0 Å². The minimum absolute atomic E-state index is 1.05. The topological polar surface area (TPSA) is 12.0 Å². The van der Waals surface area contributed by atoms with E-state index < -0.39 is 0 Å². The third-order valence-electron chi connectivity index (χ3n) is 1.18. The Balaban J connectivity index is 2.79. The lowest BCUT2D eigenvalue weighted by molar-refractivity contribution is 0.732. The summed E-state index contributed by atoms with van der Waals surface area (Å²) in [6.45, 7) is 9.45. The Hall–Kier alpha value is -0.210. The van der Waals surface area contributed by atoms with E-state index in [9.17, 15) is 0 Å². The van der Waals surface area contributed by atoms with Crippen LogP contribution >= 0.6 is 11.8 Å². The first-order valence-corrected chi connectivity index (χ1v) is 5.07. The zero-order valence-corrected chi connectivity index (χ0v) is 7.83. The summed E-state index contributed by atoms with van der Waals surface area (Å²) < 4.78 is 0. The zero-order valence-electron chi connectivity index (χ0n) is 7.01. The van der Waals surface area contributed by atoms with E-state index >= 15 is 0 Å². The summed E-state index contributed by atoms with van der Waals surface area (Å²) in [4.78, 5) is 0. The molecule has 0 heterocycles. The fourth-order valence-electron chi connectivity index (χ4n) is 0.640. The van der Waals surface area contributed by atoms with Gasteiger partial charge in [0.1, 0.15) is 0 Å². The molecule has 0 bridgehead atoms. The van der Waals surface area contributed by atoms with Gasteiger partial charge in [0.05, 0.1) is 0 Å². The molecule has 0 amide bonds. The normalized spacial score (nSPS) is 9.45. The maximum atomic E-state index is 3.65. The van der Waals surface area contributed by atoms with E-state index in [1.165, 1.54) is 5.75 Å². The quantitative estimate of drug-likeness (QED) is 0.443. The molecule has 0 rings (SSSR count). The van der Waals surface area contributed by atoms with Crippen molar-refractivity contribution in [2.24, 2.45) is 0 Å². The highest BCUT2D eigenvalue weighted by atomic mass is 32.2. The van der Waals surface area contributed by atoms with Crippen LogP contribution < -0.4 is 5.32 Å². The van der Waals surface area contributed by atoms with Crippen molar-refractivity contribution in [1.29, 1.82) is 0 Å². The van der Waals surface area contributed by atoms with Gasteiger partial charge in [-0.05, 0) is 13.0 Å². The molecule has 0 aromatic heterocycles. The number of hydrogen-bond donors (Lipinski definition) is 1. The Bertz CT molecular complexity index is 89.7. The average molecular weight is 171 g/mol. The Morgan fingerprint density at radius 3 is 2.64 bits per heavy atom. The Kier molecular flexibility index (Phi) is 9.60. The van der Waals surface area contributed by atoms with Gasteiger partial charge in [-0.15, -0.1) is 13.2 Å². The van der Waals surface area contributed by atoms with Crippen molar-refractivity contribution < 1.29 is 0 Å². The number of nitrogens with one attached hydrogen (secondary N) is 1. The fraction of sp³-hybridized carbons (Fsp3) is 0.556. The van der Waals surface area contributed by atoms with Crippen molar-refractivity contribution >= 4 is 11.8 Å². The second-order valence-corrected chi connectivity index (χ2v) is 3.34. The van der Waals surface area contributed by atoms with Crippen LogP contribution in [0, 0.1) is 0 Å². The van der Waals surface area contributed by atoms with E-state index in [1.807, 2.05) is 23.9 Å². The lowest BCUT2D eigenvalue weighted by Gasteiger charge is -2.00. The molecule has 11 heavy (non-hydrogen) atoms. The van der Waals surface area contributed by atoms with Gasteiger partial charge < -0.3 is 5.32 Å². The van der Waals surface area contributed by atoms with Crippen molar-refractivity contribution in [3.8, 4) is 0 Å². The van der Waals surface area contributed by atoms with Crippen LogP contribution in [0.15, 0.2) is 25.3 Å². The molecule has 0 spiro atoms. The minimum atomic E-state index is 1.05. The monoisotopic (exact) mass is 171 g/mol. The summed E-state index contributed by atoms with van der Waals surface area (Å²) >= 11 is 1.90. The van der Waals surface area contributed by atoms with Crippen LogP contribution in [0.1, 0.15) is 6.42 Å². The summed E-state index contributed by atoms with van der Waals surface area (Å²) in [7, 11) is 0. The predicted octanol–water partition coefficient (Wildman–Crippen LogP) is 2.07. The SMILES string of the molecule is C=CCCNCCSCC=C. The average Bonchev–Trinajstić information content (AvgIpc) is 2.03. The first-order chi connectivity index (χ1) is 5.41. The maximum absolute atomic E-state index is 3.65. The third-order valence-corrected chi connectivity index (χ3v) is 2.15. The highest BCUT2D eigenvalue weighted by Crippen LogP contribution is 1.96. The van der Waals surface area contributed by atoms with Crippen molar-refractivity contribution in [3.63, 3.8) is 0 Å². The summed E-state index contributed by atoms with van der Waals surface area (Å²) in [5.41, 5.74) is 0. The van der Waals surface area contributed by atoms with Crippen molar-refractivity contribution in [2.75, 3.05) is 24.6 Å².